The summed E-state index contributed by atoms with van der Waals surface area (Å²) in [6.07, 6.45) is -1.26. The van der Waals surface area contributed by atoms with Crippen molar-refractivity contribution >= 4 is 17.6 Å². The maximum absolute atomic E-state index is 14.2. The van der Waals surface area contributed by atoms with Gasteiger partial charge in [-0.1, -0.05) is 23.4 Å². The van der Waals surface area contributed by atoms with Gasteiger partial charge < -0.3 is 10.8 Å². The van der Waals surface area contributed by atoms with Crippen LogP contribution in [0.3, 0.4) is 0 Å². The molecule has 0 aliphatic rings. The first-order valence-corrected chi connectivity index (χ1v) is 8.21. The molecule has 3 aromatic rings. The van der Waals surface area contributed by atoms with E-state index in [1.807, 2.05) is 0 Å². The van der Waals surface area contributed by atoms with E-state index in [2.05, 4.69) is 15.3 Å². The van der Waals surface area contributed by atoms with Crippen LogP contribution in [0.15, 0.2) is 36.4 Å². The second kappa shape index (κ2) is 7.02. The minimum Gasteiger partial charge on any atom is -0.465 e. The van der Waals surface area contributed by atoms with E-state index < -0.39 is 18.0 Å². The van der Waals surface area contributed by atoms with E-state index in [-0.39, 0.29) is 17.1 Å². The molecule has 0 saturated carbocycles. The highest BCUT2D eigenvalue weighted by atomic mass is 19.1. The van der Waals surface area contributed by atoms with Gasteiger partial charge in [0.15, 0.2) is 11.5 Å². The number of amides is 1. The number of hydrogen-bond acceptors (Lipinski definition) is 5. The maximum atomic E-state index is 14.2. The van der Waals surface area contributed by atoms with Crippen molar-refractivity contribution < 1.29 is 14.3 Å². The Balaban J connectivity index is 2.15. The number of pyridine rings is 1. The van der Waals surface area contributed by atoms with E-state index in [4.69, 9.17) is 5.73 Å². The number of hydrogen-bond donors (Lipinski definition) is 2. The number of nitrogens with two attached hydrogens (primary N) is 1. The lowest BCUT2D eigenvalue weighted by atomic mass is 10.1. The summed E-state index contributed by atoms with van der Waals surface area (Å²) in [7, 11) is 1.57. The molecule has 2 heterocycles. The number of carboxylic acid groups (broad SMARTS) is 1. The largest absolute Gasteiger partial charge is 0.465 e. The van der Waals surface area contributed by atoms with Crippen molar-refractivity contribution in [3.63, 3.8) is 0 Å². The molecular formula is C18H19FN6O2. The predicted octanol–water partition coefficient (Wildman–Crippen LogP) is 3.15. The van der Waals surface area contributed by atoms with Crippen molar-refractivity contribution in [3.8, 4) is 11.4 Å². The molecule has 1 atom stereocenters. The van der Waals surface area contributed by atoms with E-state index in [1.165, 1.54) is 10.7 Å². The molecule has 27 heavy (non-hydrogen) atoms. The minimum atomic E-state index is -1.26. The van der Waals surface area contributed by atoms with Crippen LogP contribution in [0.2, 0.25) is 0 Å². The van der Waals surface area contributed by atoms with Crippen LogP contribution < -0.4 is 10.6 Å². The van der Waals surface area contributed by atoms with Crippen molar-refractivity contribution in [1.29, 1.82) is 0 Å². The Morgan fingerprint density at radius 1 is 1.30 bits per heavy atom. The smallest absolute Gasteiger partial charge is 0.413 e. The molecule has 8 nitrogen and oxygen atoms in total. The zero-order valence-electron chi connectivity index (χ0n) is 15.1. The average molecular weight is 370 g/mol. The minimum absolute atomic E-state index is 0.190. The number of halogens is 1. The van der Waals surface area contributed by atoms with Crippen LogP contribution in [-0.4, -0.2) is 31.2 Å². The Hall–Kier alpha value is -3.49. The fourth-order valence-corrected chi connectivity index (χ4v) is 2.88. The molecule has 140 valence electrons. The lowest BCUT2D eigenvalue weighted by Gasteiger charge is -2.27. The molecule has 0 saturated heterocycles. The molecule has 0 radical (unpaired) electrons. The zero-order chi connectivity index (χ0) is 19.7. The monoisotopic (exact) mass is 370 g/mol. The molecule has 9 heteroatoms. The number of nitrogen functional groups attached to an aromatic ring is 1. The summed E-state index contributed by atoms with van der Waals surface area (Å²) >= 11 is 0. The number of carbonyl (C=O) groups is 1. The highest BCUT2D eigenvalue weighted by Gasteiger charge is 2.31. The molecule has 3 N–H and O–H groups in total. The second-order valence-corrected chi connectivity index (χ2v) is 6.11. The van der Waals surface area contributed by atoms with Crippen molar-refractivity contribution in [2.75, 3.05) is 10.6 Å². The third kappa shape index (κ3) is 3.31. The van der Waals surface area contributed by atoms with Crippen LogP contribution in [0.5, 0.6) is 0 Å². The Bertz CT molecular complexity index is 1000. The third-order valence-corrected chi connectivity index (χ3v) is 4.34. The number of aromatic nitrogens is 4. The summed E-state index contributed by atoms with van der Waals surface area (Å²) in [5, 5.41) is 17.9. The molecule has 0 fully saturated rings. The summed E-state index contributed by atoms with van der Waals surface area (Å²) < 4.78 is 15.6. The summed E-state index contributed by atoms with van der Waals surface area (Å²) in [5.41, 5.74) is 7.85. The van der Waals surface area contributed by atoms with Gasteiger partial charge in [0, 0.05) is 12.6 Å². The summed E-state index contributed by atoms with van der Waals surface area (Å²) in [6.45, 7) is 3.34. The van der Waals surface area contributed by atoms with Gasteiger partial charge >= 0.3 is 6.09 Å². The Kier molecular flexibility index (Phi) is 4.76. The first-order valence-electron chi connectivity index (χ1n) is 8.21. The van der Waals surface area contributed by atoms with Crippen LogP contribution >= 0.6 is 0 Å². The lowest BCUT2D eigenvalue weighted by Crippen LogP contribution is -2.34. The van der Waals surface area contributed by atoms with Crippen LogP contribution in [0.4, 0.5) is 20.7 Å². The van der Waals surface area contributed by atoms with E-state index >= 15 is 0 Å². The van der Waals surface area contributed by atoms with Gasteiger partial charge in [-0.15, -0.1) is 5.10 Å². The van der Waals surface area contributed by atoms with Gasteiger partial charge in [-0.25, -0.2) is 18.9 Å². The summed E-state index contributed by atoms with van der Waals surface area (Å²) in [6, 6.07) is 8.54. The van der Waals surface area contributed by atoms with Crippen molar-refractivity contribution in [1.82, 2.24) is 20.0 Å². The van der Waals surface area contributed by atoms with Crippen LogP contribution in [-0.2, 0) is 7.05 Å². The van der Waals surface area contributed by atoms with E-state index in [0.29, 0.717) is 17.1 Å². The zero-order valence-corrected chi connectivity index (χ0v) is 15.1. The first-order chi connectivity index (χ1) is 12.8. The molecule has 1 amide bonds. The molecule has 0 spiro atoms. The maximum Gasteiger partial charge on any atom is 0.413 e. The number of aryl methyl sites for hydroxylation is 2. The Morgan fingerprint density at radius 3 is 2.63 bits per heavy atom. The molecule has 1 aromatic carbocycles. The normalized spacial score (nSPS) is 12.0. The number of benzene rings is 1. The molecule has 0 unspecified atom stereocenters. The van der Waals surface area contributed by atoms with Crippen molar-refractivity contribution in [3.05, 3.63) is 53.5 Å². The van der Waals surface area contributed by atoms with Gasteiger partial charge in [-0.05, 0) is 32.0 Å². The van der Waals surface area contributed by atoms with Gasteiger partial charge in [-0.2, -0.15) is 0 Å². The van der Waals surface area contributed by atoms with Crippen molar-refractivity contribution in [2.45, 2.75) is 19.9 Å². The fraction of sp³-hybridized carbons (Fsp3) is 0.222. The van der Waals surface area contributed by atoms with Gasteiger partial charge in [-0.3, -0.25) is 4.90 Å². The Morgan fingerprint density at radius 2 is 2.00 bits per heavy atom. The molecule has 0 aliphatic heterocycles. The van der Waals surface area contributed by atoms with Crippen molar-refractivity contribution in [2.24, 2.45) is 7.05 Å². The molecule has 0 aliphatic carbocycles. The molecule has 2 aromatic heterocycles. The predicted molar refractivity (Wildman–Crippen MR) is 98.7 cm³/mol. The first kappa shape index (κ1) is 18.3. The van der Waals surface area contributed by atoms with Gasteiger partial charge in [0.1, 0.15) is 5.82 Å². The van der Waals surface area contributed by atoms with Crippen LogP contribution in [0.1, 0.15) is 24.2 Å². The number of rotatable bonds is 4. The third-order valence-electron chi connectivity index (χ3n) is 4.34. The van der Waals surface area contributed by atoms with E-state index in [0.717, 1.165) is 4.90 Å². The highest BCUT2D eigenvalue weighted by molar-refractivity contribution is 5.90. The second-order valence-electron chi connectivity index (χ2n) is 6.11. The number of nitrogens with zero attached hydrogens (tertiary/aromatic N) is 5. The lowest BCUT2D eigenvalue weighted by molar-refractivity contribution is 0.199. The van der Waals surface area contributed by atoms with Gasteiger partial charge in [0.25, 0.3) is 0 Å². The van der Waals surface area contributed by atoms with E-state index in [9.17, 15) is 14.3 Å². The molecular weight excluding hydrogens is 351 g/mol. The molecule has 3 rings (SSSR count). The van der Waals surface area contributed by atoms with Gasteiger partial charge in [0.05, 0.1) is 23.1 Å². The number of anilines is 2. The van der Waals surface area contributed by atoms with Crippen LogP contribution in [0, 0.1) is 12.7 Å². The SMILES string of the molecule is Cc1nc(-c2nnn(C)c2N(C(=O)O)[C@H](C)c2ccccc2F)ccc1N. The standard InChI is InChI=1S/C18H19FN6O2/c1-10-14(20)8-9-15(21-10)16-17(24(3)23-22-16)25(18(26)27)11(2)12-6-4-5-7-13(12)19/h4-9,11H,20H2,1-3H3,(H,26,27)/t11-/m1/s1. The quantitative estimate of drug-likeness (QED) is 0.730. The summed E-state index contributed by atoms with van der Waals surface area (Å²) in [5.74, 6) is -0.302. The Labute approximate surface area is 155 Å². The highest BCUT2D eigenvalue weighted by Crippen LogP contribution is 2.34. The topological polar surface area (TPSA) is 110 Å². The van der Waals surface area contributed by atoms with Gasteiger partial charge in [0.2, 0.25) is 0 Å². The average Bonchev–Trinajstić information content (AvgIpc) is 2.99. The van der Waals surface area contributed by atoms with E-state index in [1.54, 1.807) is 51.2 Å². The summed E-state index contributed by atoms with van der Waals surface area (Å²) in [4.78, 5) is 17.5. The van der Waals surface area contributed by atoms with Crippen LogP contribution in [0.25, 0.3) is 11.4 Å². The fourth-order valence-electron chi connectivity index (χ4n) is 2.88. The molecule has 0 bridgehead atoms.